The van der Waals surface area contributed by atoms with Gasteiger partial charge in [0.05, 0.1) is 11.7 Å². The molecule has 2 N–H and O–H groups in total. The molecule has 1 aliphatic heterocycles. The van der Waals surface area contributed by atoms with Crippen molar-refractivity contribution in [1.29, 1.82) is 5.26 Å². The summed E-state index contributed by atoms with van der Waals surface area (Å²) < 4.78 is 5.93. The number of nitrogens with zero attached hydrogens (tertiary/aromatic N) is 3. The first-order valence-electron chi connectivity index (χ1n) is 9.96. The van der Waals surface area contributed by atoms with E-state index in [2.05, 4.69) is 11.1 Å². The predicted molar refractivity (Wildman–Crippen MR) is 112 cm³/mol. The van der Waals surface area contributed by atoms with E-state index in [0.29, 0.717) is 10.9 Å². The molecule has 2 heterocycles. The van der Waals surface area contributed by atoms with Gasteiger partial charge in [0.1, 0.15) is 23.8 Å². The number of fused-ring (bicyclic) bond motifs is 1. The summed E-state index contributed by atoms with van der Waals surface area (Å²) in [6.07, 6.45) is -0.301. The van der Waals surface area contributed by atoms with Crippen LogP contribution in [0.2, 0.25) is 0 Å². The number of aldehydes is 1. The fraction of sp³-hybridized carbons (Fsp3) is 0.455. The van der Waals surface area contributed by atoms with Crippen LogP contribution in [0.5, 0.6) is 5.75 Å². The SMILES string of the molecule is CN(C(=O)c1cc2c(O)cccc2[nH]1)C(OC(C)(C)C)C(=O)N1CC(C=O)CC1C#N. The van der Waals surface area contributed by atoms with Crippen LogP contribution in [0.25, 0.3) is 10.9 Å². The lowest BCUT2D eigenvalue weighted by molar-refractivity contribution is -0.168. The zero-order valence-corrected chi connectivity index (χ0v) is 18.0. The quantitative estimate of drug-likeness (QED) is 0.556. The number of phenols is 1. The summed E-state index contributed by atoms with van der Waals surface area (Å²) in [5, 5.41) is 19.9. The van der Waals surface area contributed by atoms with Gasteiger partial charge in [0.25, 0.3) is 11.8 Å². The molecule has 1 saturated heterocycles. The Morgan fingerprint density at radius 2 is 2.13 bits per heavy atom. The molecular weight excluding hydrogens is 400 g/mol. The number of aromatic nitrogens is 1. The Kier molecular flexibility index (Phi) is 6.04. The van der Waals surface area contributed by atoms with Crippen molar-refractivity contribution in [1.82, 2.24) is 14.8 Å². The number of benzene rings is 1. The summed E-state index contributed by atoms with van der Waals surface area (Å²) in [6, 6.07) is 7.70. The molecule has 3 rings (SSSR count). The van der Waals surface area contributed by atoms with Crippen LogP contribution < -0.4 is 0 Å². The predicted octanol–water partition coefficient (Wildman–Crippen LogP) is 2.03. The normalized spacial score (nSPS) is 19.8. The zero-order valence-electron chi connectivity index (χ0n) is 18.0. The summed E-state index contributed by atoms with van der Waals surface area (Å²) in [4.78, 5) is 43.2. The number of ether oxygens (including phenoxy) is 1. The van der Waals surface area contributed by atoms with Crippen molar-refractivity contribution >= 4 is 29.0 Å². The van der Waals surface area contributed by atoms with E-state index in [1.54, 1.807) is 32.9 Å². The Morgan fingerprint density at radius 1 is 1.42 bits per heavy atom. The number of likely N-dealkylation sites (N-methyl/N-ethyl adjacent to an activating group) is 1. The van der Waals surface area contributed by atoms with E-state index in [9.17, 15) is 24.8 Å². The second kappa shape index (κ2) is 8.40. The molecule has 0 spiro atoms. The molecule has 2 aromatic rings. The van der Waals surface area contributed by atoms with Crippen LogP contribution >= 0.6 is 0 Å². The maximum Gasteiger partial charge on any atom is 0.274 e. The second-order valence-corrected chi connectivity index (χ2v) is 8.69. The molecule has 3 atom stereocenters. The average Bonchev–Trinajstić information content (AvgIpc) is 3.34. The summed E-state index contributed by atoms with van der Waals surface area (Å²) in [7, 11) is 1.44. The molecule has 164 valence electrons. The number of nitriles is 1. The molecular formula is C22H26N4O5. The molecule has 9 heteroatoms. The van der Waals surface area contributed by atoms with Crippen LogP contribution in [0, 0.1) is 17.2 Å². The van der Waals surface area contributed by atoms with Gasteiger partial charge in [-0.3, -0.25) is 9.59 Å². The van der Waals surface area contributed by atoms with Crippen LogP contribution in [-0.2, 0) is 14.3 Å². The maximum atomic E-state index is 13.3. The first-order chi connectivity index (χ1) is 14.6. The third-order valence-electron chi connectivity index (χ3n) is 5.18. The molecule has 0 radical (unpaired) electrons. The van der Waals surface area contributed by atoms with E-state index >= 15 is 0 Å². The monoisotopic (exact) mass is 426 g/mol. The van der Waals surface area contributed by atoms with Gasteiger partial charge in [0.2, 0.25) is 6.23 Å². The molecule has 3 unspecified atom stereocenters. The average molecular weight is 426 g/mol. The van der Waals surface area contributed by atoms with E-state index in [-0.39, 0.29) is 24.4 Å². The Morgan fingerprint density at radius 3 is 2.71 bits per heavy atom. The van der Waals surface area contributed by atoms with Gasteiger partial charge in [-0.2, -0.15) is 5.26 Å². The topological polar surface area (TPSA) is 127 Å². The molecule has 9 nitrogen and oxygen atoms in total. The fourth-order valence-corrected chi connectivity index (χ4v) is 3.66. The standard InChI is InChI=1S/C22H26N4O5/c1-22(2,3)31-21(20(30)26-11-13(12-27)8-14(26)10-23)25(4)19(29)17-9-15-16(24-17)6-5-7-18(15)28/h5-7,9,12-14,21,24,28H,8,11H2,1-4H3. The number of hydrogen-bond acceptors (Lipinski definition) is 6. The highest BCUT2D eigenvalue weighted by atomic mass is 16.5. The van der Waals surface area contributed by atoms with Crippen LogP contribution in [0.4, 0.5) is 0 Å². The largest absolute Gasteiger partial charge is 0.507 e. The van der Waals surface area contributed by atoms with Crippen LogP contribution in [0.15, 0.2) is 24.3 Å². The van der Waals surface area contributed by atoms with E-state index in [1.807, 2.05) is 0 Å². The minimum absolute atomic E-state index is 0.0304. The number of carbonyl (C=O) groups excluding carboxylic acids is 3. The molecule has 31 heavy (non-hydrogen) atoms. The molecule has 1 fully saturated rings. The van der Waals surface area contributed by atoms with Crippen molar-refractivity contribution in [3.8, 4) is 11.8 Å². The van der Waals surface area contributed by atoms with Gasteiger partial charge in [-0.25, -0.2) is 0 Å². The van der Waals surface area contributed by atoms with Gasteiger partial charge >= 0.3 is 0 Å². The number of hydrogen-bond donors (Lipinski definition) is 2. The smallest absolute Gasteiger partial charge is 0.274 e. The van der Waals surface area contributed by atoms with Crippen molar-refractivity contribution in [3.63, 3.8) is 0 Å². The van der Waals surface area contributed by atoms with Gasteiger partial charge in [-0.1, -0.05) is 6.07 Å². The van der Waals surface area contributed by atoms with Gasteiger partial charge in [0.15, 0.2) is 0 Å². The van der Waals surface area contributed by atoms with E-state index < -0.39 is 35.6 Å². The lowest BCUT2D eigenvalue weighted by Gasteiger charge is -2.35. The number of carbonyl (C=O) groups is 3. The number of aromatic hydroxyl groups is 1. The molecule has 1 aromatic heterocycles. The lowest BCUT2D eigenvalue weighted by atomic mass is 10.1. The molecule has 1 aliphatic rings. The summed E-state index contributed by atoms with van der Waals surface area (Å²) >= 11 is 0. The summed E-state index contributed by atoms with van der Waals surface area (Å²) in [5.74, 6) is -1.47. The van der Waals surface area contributed by atoms with Crippen molar-refractivity contribution in [2.24, 2.45) is 5.92 Å². The molecule has 0 aliphatic carbocycles. The number of aromatic amines is 1. The fourth-order valence-electron chi connectivity index (χ4n) is 3.66. The highest BCUT2D eigenvalue weighted by molar-refractivity contribution is 6.01. The van der Waals surface area contributed by atoms with Crippen molar-refractivity contribution in [3.05, 3.63) is 30.0 Å². The second-order valence-electron chi connectivity index (χ2n) is 8.69. The minimum Gasteiger partial charge on any atom is -0.507 e. The summed E-state index contributed by atoms with van der Waals surface area (Å²) in [5.41, 5.74) is -0.00733. The van der Waals surface area contributed by atoms with Crippen LogP contribution in [-0.4, -0.2) is 69.5 Å². The number of H-pyrrole nitrogens is 1. The van der Waals surface area contributed by atoms with E-state index in [1.165, 1.54) is 24.1 Å². The number of phenolic OH excluding ortho intramolecular Hbond substituents is 1. The summed E-state index contributed by atoms with van der Waals surface area (Å²) in [6.45, 7) is 5.37. The Bertz CT molecular complexity index is 1050. The third-order valence-corrected chi connectivity index (χ3v) is 5.18. The maximum absolute atomic E-state index is 13.3. The zero-order chi connectivity index (χ0) is 22.9. The first-order valence-corrected chi connectivity index (χ1v) is 9.96. The number of likely N-dealkylation sites (tertiary alicyclic amines) is 1. The van der Waals surface area contributed by atoms with Crippen LogP contribution in [0.3, 0.4) is 0 Å². The van der Waals surface area contributed by atoms with Crippen molar-refractivity contribution in [2.75, 3.05) is 13.6 Å². The van der Waals surface area contributed by atoms with E-state index in [4.69, 9.17) is 4.74 Å². The minimum atomic E-state index is -1.30. The van der Waals surface area contributed by atoms with Gasteiger partial charge in [0, 0.05) is 30.4 Å². The lowest BCUT2D eigenvalue weighted by Crippen LogP contribution is -2.54. The van der Waals surface area contributed by atoms with Gasteiger partial charge in [-0.15, -0.1) is 0 Å². The molecule has 1 aromatic carbocycles. The number of nitrogens with one attached hydrogen (secondary N) is 1. The first kappa shape index (κ1) is 22.3. The highest BCUT2D eigenvalue weighted by Gasteiger charge is 2.42. The molecule has 2 amide bonds. The van der Waals surface area contributed by atoms with E-state index in [0.717, 1.165) is 11.2 Å². The third kappa shape index (κ3) is 4.54. The molecule has 0 bridgehead atoms. The van der Waals surface area contributed by atoms with Gasteiger partial charge in [-0.05, 0) is 45.4 Å². The van der Waals surface area contributed by atoms with Crippen LogP contribution in [0.1, 0.15) is 37.7 Å². The van der Waals surface area contributed by atoms with Crippen molar-refractivity contribution < 1.29 is 24.2 Å². The van der Waals surface area contributed by atoms with Crippen molar-refractivity contribution in [2.45, 2.75) is 45.1 Å². The van der Waals surface area contributed by atoms with Gasteiger partial charge < -0.3 is 29.4 Å². The molecule has 0 saturated carbocycles. The number of rotatable bonds is 5. The Labute approximate surface area is 180 Å². The number of amides is 2. The Balaban J connectivity index is 1.92. The highest BCUT2D eigenvalue weighted by Crippen LogP contribution is 2.28. The Hall–Kier alpha value is -3.38.